The molecule has 3 N–H and O–H groups in total. The van der Waals surface area contributed by atoms with Gasteiger partial charge in [-0.1, -0.05) is 13.8 Å². The third-order valence-corrected chi connectivity index (χ3v) is 3.13. The van der Waals surface area contributed by atoms with Crippen LogP contribution in [0.25, 0.3) is 0 Å². The first-order valence-electron chi connectivity index (χ1n) is 6.45. The highest BCUT2D eigenvalue weighted by Crippen LogP contribution is 2.14. The number of ether oxygens (including phenoxy) is 1. The van der Waals surface area contributed by atoms with Crippen molar-refractivity contribution in [2.24, 2.45) is 5.92 Å². The van der Waals surface area contributed by atoms with Crippen molar-refractivity contribution >= 4 is 5.91 Å². The van der Waals surface area contributed by atoms with Gasteiger partial charge in [0.1, 0.15) is 0 Å². The summed E-state index contributed by atoms with van der Waals surface area (Å²) in [6.07, 6.45) is 1.78. The van der Waals surface area contributed by atoms with Gasteiger partial charge in [0.05, 0.1) is 31.8 Å². The van der Waals surface area contributed by atoms with Crippen molar-refractivity contribution in [2.75, 3.05) is 26.4 Å². The number of aliphatic hydroxyl groups is 1. The van der Waals surface area contributed by atoms with E-state index in [-0.39, 0.29) is 30.5 Å². The third-order valence-electron chi connectivity index (χ3n) is 3.13. The molecule has 5 heteroatoms. The van der Waals surface area contributed by atoms with Crippen molar-refractivity contribution in [3.05, 3.63) is 0 Å². The van der Waals surface area contributed by atoms with E-state index in [0.717, 1.165) is 19.4 Å². The molecule has 1 amide bonds. The number of amides is 1. The van der Waals surface area contributed by atoms with Gasteiger partial charge < -0.3 is 20.5 Å². The molecule has 1 saturated heterocycles. The number of nitrogens with one attached hydrogen (secondary N) is 2. The van der Waals surface area contributed by atoms with E-state index in [9.17, 15) is 4.79 Å². The molecular formula is C12H24N2O3. The van der Waals surface area contributed by atoms with E-state index in [1.165, 1.54) is 0 Å². The first-order chi connectivity index (χ1) is 8.22. The molecule has 0 aliphatic carbocycles. The average molecular weight is 244 g/mol. The fourth-order valence-corrected chi connectivity index (χ4v) is 1.93. The molecule has 1 fully saturated rings. The Morgan fingerprint density at radius 3 is 2.82 bits per heavy atom. The van der Waals surface area contributed by atoms with Crippen molar-refractivity contribution in [1.29, 1.82) is 0 Å². The Morgan fingerprint density at radius 1 is 1.47 bits per heavy atom. The van der Waals surface area contributed by atoms with Crippen LogP contribution < -0.4 is 10.6 Å². The molecule has 100 valence electrons. The Morgan fingerprint density at radius 2 is 2.24 bits per heavy atom. The lowest BCUT2D eigenvalue weighted by Crippen LogP contribution is -2.47. The highest BCUT2D eigenvalue weighted by atomic mass is 16.5. The fraction of sp³-hybridized carbons (Fsp3) is 0.917. The van der Waals surface area contributed by atoms with Gasteiger partial charge >= 0.3 is 0 Å². The van der Waals surface area contributed by atoms with Gasteiger partial charge in [-0.15, -0.1) is 0 Å². The lowest BCUT2D eigenvalue weighted by Gasteiger charge is -2.21. The smallest absolute Gasteiger partial charge is 0.227 e. The summed E-state index contributed by atoms with van der Waals surface area (Å²) in [6, 6.07) is -0.0407. The quantitative estimate of drug-likeness (QED) is 0.584. The summed E-state index contributed by atoms with van der Waals surface area (Å²) in [5.41, 5.74) is 0. The van der Waals surface area contributed by atoms with Crippen LogP contribution in [0.15, 0.2) is 0 Å². The van der Waals surface area contributed by atoms with Crippen molar-refractivity contribution in [2.45, 2.75) is 38.8 Å². The van der Waals surface area contributed by atoms with E-state index < -0.39 is 0 Å². The predicted octanol–water partition coefficient (Wildman–Crippen LogP) is -0.112. The van der Waals surface area contributed by atoms with Gasteiger partial charge in [0.2, 0.25) is 5.91 Å². The zero-order valence-electron chi connectivity index (χ0n) is 10.7. The van der Waals surface area contributed by atoms with Crippen LogP contribution in [0, 0.1) is 5.92 Å². The van der Waals surface area contributed by atoms with E-state index in [1.807, 2.05) is 6.92 Å². The first-order valence-corrected chi connectivity index (χ1v) is 6.45. The minimum Gasteiger partial charge on any atom is -0.394 e. The largest absolute Gasteiger partial charge is 0.394 e. The third kappa shape index (κ3) is 4.26. The normalized spacial score (nSPS) is 25.8. The number of aliphatic hydroxyl groups excluding tert-OH is 1. The molecule has 0 aromatic carbocycles. The lowest BCUT2D eigenvalue weighted by atomic mass is 10.0. The van der Waals surface area contributed by atoms with Crippen LogP contribution in [0.3, 0.4) is 0 Å². The van der Waals surface area contributed by atoms with Gasteiger partial charge in [-0.2, -0.15) is 0 Å². The summed E-state index contributed by atoms with van der Waals surface area (Å²) in [5, 5.41) is 15.2. The summed E-state index contributed by atoms with van der Waals surface area (Å²) in [7, 11) is 0. The minimum absolute atomic E-state index is 0.0110. The summed E-state index contributed by atoms with van der Waals surface area (Å²) >= 11 is 0. The van der Waals surface area contributed by atoms with Crippen LogP contribution in [-0.4, -0.2) is 49.5 Å². The number of carbonyl (C=O) groups is 1. The Kier molecular flexibility index (Phi) is 6.47. The highest BCUT2D eigenvalue weighted by molar-refractivity contribution is 5.80. The highest BCUT2D eigenvalue weighted by Gasteiger charge is 2.34. The molecule has 1 aliphatic heterocycles. The van der Waals surface area contributed by atoms with Crippen molar-refractivity contribution < 1.29 is 14.6 Å². The Labute approximate surface area is 103 Å². The molecule has 1 heterocycles. The summed E-state index contributed by atoms with van der Waals surface area (Å²) in [4.78, 5) is 12.0. The summed E-state index contributed by atoms with van der Waals surface area (Å²) in [6.45, 7) is 5.98. The molecule has 0 spiro atoms. The first kappa shape index (κ1) is 14.4. The van der Waals surface area contributed by atoms with Gasteiger partial charge in [0, 0.05) is 6.04 Å². The Balaban J connectivity index is 2.43. The standard InChI is InChI=1S/C12H24N2O3/c1-3-5-13-11-8-17-7-10(11)12(16)14-9(4-2)6-15/h9-11,13,15H,3-8H2,1-2H3,(H,14,16)/t9-,10?,11?/m1/s1. The molecule has 0 aromatic heterocycles. The number of rotatable bonds is 7. The summed E-state index contributed by atoms with van der Waals surface area (Å²) in [5.74, 6) is -0.154. The van der Waals surface area contributed by atoms with Gasteiger partial charge in [-0.3, -0.25) is 4.79 Å². The molecule has 3 atom stereocenters. The van der Waals surface area contributed by atoms with Crippen molar-refractivity contribution in [3.63, 3.8) is 0 Å². The zero-order valence-corrected chi connectivity index (χ0v) is 10.7. The van der Waals surface area contributed by atoms with Gasteiger partial charge in [-0.25, -0.2) is 0 Å². The fourth-order valence-electron chi connectivity index (χ4n) is 1.93. The van der Waals surface area contributed by atoms with Gasteiger partial charge in [-0.05, 0) is 19.4 Å². The van der Waals surface area contributed by atoms with Crippen LogP contribution in [0.5, 0.6) is 0 Å². The minimum atomic E-state index is -0.144. The van der Waals surface area contributed by atoms with Crippen LogP contribution in [0.1, 0.15) is 26.7 Å². The van der Waals surface area contributed by atoms with E-state index in [2.05, 4.69) is 17.6 Å². The zero-order chi connectivity index (χ0) is 12.7. The van der Waals surface area contributed by atoms with Gasteiger partial charge in [0.15, 0.2) is 0 Å². The van der Waals surface area contributed by atoms with Crippen LogP contribution in [-0.2, 0) is 9.53 Å². The Bertz CT molecular complexity index is 232. The average Bonchev–Trinajstić information content (AvgIpc) is 2.81. The molecule has 0 aromatic rings. The van der Waals surface area contributed by atoms with Gasteiger partial charge in [0.25, 0.3) is 0 Å². The molecule has 0 saturated carbocycles. The van der Waals surface area contributed by atoms with Crippen molar-refractivity contribution in [3.8, 4) is 0 Å². The topological polar surface area (TPSA) is 70.6 Å². The SMILES string of the molecule is CCCNC1COCC1C(=O)N[C@H](CC)CO. The van der Waals surface area contributed by atoms with Crippen LogP contribution in [0.2, 0.25) is 0 Å². The van der Waals surface area contributed by atoms with E-state index in [4.69, 9.17) is 9.84 Å². The number of hydrogen-bond acceptors (Lipinski definition) is 4. The molecule has 0 bridgehead atoms. The van der Waals surface area contributed by atoms with E-state index in [0.29, 0.717) is 13.2 Å². The maximum absolute atomic E-state index is 12.0. The lowest BCUT2D eigenvalue weighted by molar-refractivity contribution is -0.126. The monoisotopic (exact) mass is 244 g/mol. The number of hydrogen-bond donors (Lipinski definition) is 3. The predicted molar refractivity (Wildman–Crippen MR) is 65.7 cm³/mol. The molecule has 1 rings (SSSR count). The number of carbonyl (C=O) groups excluding carboxylic acids is 1. The molecule has 17 heavy (non-hydrogen) atoms. The molecule has 1 aliphatic rings. The molecule has 2 unspecified atom stereocenters. The van der Waals surface area contributed by atoms with Crippen LogP contribution >= 0.6 is 0 Å². The van der Waals surface area contributed by atoms with E-state index in [1.54, 1.807) is 0 Å². The maximum atomic E-state index is 12.0. The second-order valence-electron chi connectivity index (χ2n) is 4.50. The molecule has 5 nitrogen and oxygen atoms in total. The Hall–Kier alpha value is -0.650. The molecular weight excluding hydrogens is 220 g/mol. The van der Waals surface area contributed by atoms with E-state index >= 15 is 0 Å². The summed E-state index contributed by atoms with van der Waals surface area (Å²) < 4.78 is 5.35. The van der Waals surface area contributed by atoms with Crippen LogP contribution in [0.4, 0.5) is 0 Å². The second-order valence-corrected chi connectivity index (χ2v) is 4.50. The second kappa shape index (κ2) is 7.63. The van der Waals surface area contributed by atoms with Crippen molar-refractivity contribution in [1.82, 2.24) is 10.6 Å². The maximum Gasteiger partial charge on any atom is 0.227 e. The molecule has 0 radical (unpaired) electrons.